The molecule has 0 amide bonds. The average Bonchev–Trinajstić information content (AvgIpc) is 3.76. The van der Waals surface area contributed by atoms with Crippen molar-refractivity contribution in [1.29, 1.82) is 0 Å². The Morgan fingerprint density at radius 3 is 2.37 bits per heavy atom. The molecule has 4 saturated carbocycles. The highest BCUT2D eigenvalue weighted by molar-refractivity contribution is 5.73. The SMILES string of the molecule is CO[C@H]1[C@H](O)[C@H](O[C@H]2CC[C@@]3(C)[C@H](CC[C@H]4[C@H]5CC[C@@H]6[C@]7(COC(=O)C7)OC[C@]56CC[C@@H]43)C2)O[C@@H](C)[C@@H]1O[C@@H]1O[C@H](CO)[C@@H](O)[C@H](O)[C@H]1O. The molecule has 0 aromatic heterocycles. The summed E-state index contributed by atoms with van der Waals surface area (Å²) in [6.07, 6.45) is -1.41. The lowest BCUT2D eigenvalue weighted by molar-refractivity contribution is -0.362. The van der Waals surface area contributed by atoms with Gasteiger partial charge in [-0.05, 0) is 99.7 Å². The van der Waals surface area contributed by atoms with Crippen LogP contribution in [0.1, 0.15) is 78.1 Å². The number of carbonyl (C=O) groups excluding carboxylic acids is 1. The van der Waals surface area contributed by atoms with Gasteiger partial charge in [-0.25, -0.2) is 0 Å². The second-order valence-corrected chi connectivity index (χ2v) is 17.0. The maximum absolute atomic E-state index is 12.2. The largest absolute Gasteiger partial charge is 0.462 e. The van der Waals surface area contributed by atoms with Gasteiger partial charge in [0.2, 0.25) is 0 Å². The smallest absolute Gasteiger partial charge is 0.308 e. The van der Waals surface area contributed by atoms with Crippen molar-refractivity contribution in [3.63, 3.8) is 0 Å². The van der Waals surface area contributed by atoms with E-state index in [9.17, 15) is 30.3 Å². The molecule has 0 unspecified atom stereocenters. The van der Waals surface area contributed by atoms with Crippen molar-refractivity contribution in [2.45, 2.75) is 151 Å². The van der Waals surface area contributed by atoms with Crippen molar-refractivity contribution in [3.05, 3.63) is 0 Å². The lowest BCUT2D eigenvalue weighted by Crippen LogP contribution is -2.64. The summed E-state index contributed by atoms with van der Waals surface area (Å²) in [5, 5.41) is 51.9. The Hall–Kier alpha value is -0.970. The molecule has 0 radical (unpaired) electrons. The van der Waals surface area contributed by atoms with Gasteiger partial charge in [0.15, 0.2) is 12.6 Å². The third-order valence-corrected chi connectivity index (χ3v) is 15.0. The number of cyclic esters (lactones) is 1. The standard InChI is InChI=1S/C36H56O13/c1-17-30(49-32-28(41)27(40)26(39)23(14-37)48-32)31(43-3)29(42)33(46-17)47-19-8-10-34(2)18(12-19)4-5-20-21(34)9-11-35-15-45-36(13-25(38)44-16-36)24(35)7-6-22(20)35/h17-24,26-33,37,39-42H,4-16H2,1-3H3/t17-,18+,19-,20+,21-,22+,23+,24-,26+,27-,28+,29-,30-,31-,32-,33-,34-,35+,36-/m0/s1. The van der Waals surface area contributed by atoms with E-state index in [4.69, 9.17) is 33.2 Å². The molecule has 4 heterocycles. The van der Waals surface area contributed by atoms with Gasteiger partial charge in [0.1, 0.15) is 54.9 Å². The molecule has 0 aromatic rings. The number of carbonyl (C=O) groups is 1. The van der Waals surface area contributed by atoms with Crippen LogP contribution in [0.5, 0.6) is 0 Å². The van der Waals surface area contributed by atoms with Crippen LogP contribution < -0.4 is 0 Å². The Morgan fingerprint density at radius 1 is 0.837 bits per heavy atom. The summed E-state index contributed by atoms with van der Waals surface area (Å²) in [4.78, 5) is 12.2. The molecule has 13 heteroatoms. The summed E-state index contributed by atoms with van der Waals surface area (Å²) < 4.78 is 41.9. The first kappa shape index (κ1) is 35.1. The van der Waals surface area contributed by atoms with E-state index in [-0.39, 0.29) is 22.9 Å². The van der Waals surface area contributed by atoms with Crippen LogP contribution in [0.4, 0.5) is 0 Å². The quantitative estimate of drug-likeness (QED) is 0.196. The second kappa shape index (κ2) is 12.9. The average molecular weight is 697 g/mol. The second-order valence-electron chi connectivity index (χ2n) is 17.0. The first-order chi connectivity index (χ1) is 23.4. The number of ether oxygens (including phenoxy) is 7. The molecule has 49 heavy (non-hydrogen) atoms. The normalized spacial score (nSPS) is 56.9. The summed E-state index contributed by atoms with van der Waals surface area (Å²) in [5.41, 5.74) is 0.0171. The third-order valence-electron chi connectivity index (χ3n) is 15.0. The number of fused-ring (bicyclic) bond motifs is 5. The fourth-order valence-electron chi connectivity index (χ4n) is 12.5. The predicted octanol–water partition coefficient (Wildman–Crippen LogP) is 1.03. The van der Waals surface area contributed by atoms with E-state index in [1.165, 1.54) is 32.8 Å². The number of esters is 1. The third kappa shape index (κ3) is 5.39. The molecule has 5 N–H and O–H groups in total. The topological polar surface area (TPSA) is 183 Å². The molecule has 4 saturated heterocycles. The molecule has 8 fully saturated rings. The molecule has 278 valence electrons. The van der Waals surface area contributed by atoms with Gasteiger partial charge in [-0.2, -0.15) is 0 Å². The van der Waals surface area contributed by atoms with Crippen molar-refractivity contribution >= 4 is 5.97 Å². The van der Waals surface area contributed by atoms with Gasteiger partial charge in [0.05, 0.1) is 31.8 Å². The fourth-order valence-corrected chi connectivity index (χ4v) is 12.5. The monoisotopic (exact) mass is 696 g/mol. The maximum atomic E-state index is 12.2. The maximum Gasteiger partial charge on any atom is 0.308 e. The molecule has 19 atom stereocenters. The van der Waals surface area contributed by atoms with Crippen molar-refractivity contribution in [2.75, 3.05) is 26.9 Å². The minimum atomic E-state index is -1.59. The molecule has 8 rings (SSSR count). The zero-order chi connectivity index (χ0) is 34.5. The lowest BCUT2D eigenvalue weighted by Gasteiger charge is -2.61. The van der Waals surface area contributed by atoms with Crippen molar-refractivity contribution < 1.29 is 63.5 Å². The number of aliphatic hydroxyl groups is 5. The van der Waals surface area contributed by atoms with Crippen molar-refractivity contribution in [2.24, 2.45) is 40.4 Å². The molecule has 8 aliphatic rings. The summed E-state index contributed by atoms with van der Waals surface area (Å²) >= 11 is 0. The molecule has 2 spiro atoms. The Morgan fingerprint density at radius 2 is 1.63 bits per heavy atom. The molecule has 13 nitrogen and oxygen atoms in total. The van der Waals surface area contributed by atoms with Gasteiger partial charge in [-0.1, -0.05) is 6.92 Å². The van der Waals surface area contributed by atoms with Gasteiger partial charge in [-0.3, -0.25) is 4.79 Å². The van der Waals surface area contributed by atoms with Crippen molar-refractivity contribution in [3.8, 4) is 0 Å². The minimum Gasteiger partial charge on any atom is -0.462 e. The molecule has 4 aliphatic heterocycles. The highest BCUT2D eigenvalue weighted by atomic mass is 16.7. The van der Waals surface area contributed by atoms with Crippen LogP contribution >= 0.6 is 0 Å². The summed E-state index contributed by atoms with van der Waals surface area (Å²) in [6, 6.07) is 0. The van der Waals surface area contributed by atoms with Gasteiger partial charge >= 0.3 is 5.97 Å². The zero-order valence-corrected chi connectivity index (χ0v) is 28.9. The molecule has 0 aromatic carbocycles. The minimum absolute atomic E-state index is 0.0734. The molecular weight excluding hydrogens is 640 g/mol. The van der Waals surface area contributed by atoms with Crippen LogP contribution in [0.15, 0.2) is 0 Å². The predicted molar refractivity (Wildman–Crippen MR) is 168 cm³/mol. The van der Waals surface area contributed by atoms with Gasteiger partial charge in [0, 0.05) is 12.5 Å². The summed E-state index contributed by atoms with van der Waals surface area (Å²) in [7, 11) is 1.45. The number of rotatable bonds is 6. The Balaban J connectivity index is 0.900. The Bertz CT molecular complexity index is 1240. The Kier molecular flexibility index (Phi) is 9.21. The molecule has 0 bridgehead atoms. The fraction of sp³-hybridized carbons (Fsp3) is 0.972. The van der Waals surface area contributed by atoms with Gasteiger partial charge in [-0.15, -0.1) is 0 Å². The zero-order valence-electron chi connectivity index (χ0n) is 28.9. The van der Waals surface area contributed by atoms with E-state index in [1.54, 1.807) is 6.92 Å². The van der Waals surface area contributed by atoms with E-state index >= 15 is 0 Å². The first-order valence-corrected chi connectivity index (χ1v) is 18.7. The van der Waals surface area contributed by atoms with Crippen LogP contribution in [0.3, 0.4) is 0 Å². The van der Waals surface area contributed by atoms with E-state index in [0.717, 1.165) is 38.7 Å². The summed E-state index contributed by atoms with van der Waals surface area (Å²) in [6.45, 7) is 4.90. The molecule has 4 aliphatic carbocycles. The van der Waals surface area contributed by atoms with Crippen LogP contribution in [-0.2, 0) is 38.0 Å². The van der Waals surface area contributed by atoms with E-state index in [2.05, 4.69) is 6.92 Å². The number of methoxy groups -OCH3 is 1. The first-order valence-electron chi connectivity index (χ1n) is 18.7. The van der Waals surface area contributed by atoms with Crippen LogP contribution in [0.2, 0.25) is 0 Å². The number of aliphatic hydroxyl groups excluding tert-OH is 5. The van der Waals surface area contributed by atoms with E-state index < -0.39 is 73.6 Å². The van der Waals surface area contributed by atoms with E-state index in [0.29, 0.717) is 42.6 Å². The Labute approximate surface area is 287 Å². The van der Waals surface area contributed by atoms with Gasteiger partial charge < -0.3 is 58.7 Å². The molecular formula is C36H56O13. The van der Waals surface area contributed by atoms with Crippen LogP contribution in [0.25, 0.3) is 0 Å². The van der Waals surface area contributed by atoms with Gasteiger partial charge in [0.25, 0.3) is 0 Å². The highest BCUT2D eigenvalue weighted by Gasteiger charge is 2.70. The summed E-state index contributed by atoms with van der Waals surface area (Å²) in [5.74, 6) is 2.82. The number of hydrogen-bond donors (Lipinski definition) is 5. The van der Waals surface area contributed by atoms with Crippen LogP contribution in [0, 0.1) is 40.4 Å². The van der Waals surface area contributed by atoms with E-state index in [1.807, 2.05) is 0 Å². The highest BCUT2D eigenvalue weighted by Crippen LogP contribution is 2.71. The number of hydrogen-bond acceptors (Lipinski definition) is 13. The van der Waals surface area contributed by atoms with Crippen LogP contribution in [-0.4, -0.2) is 132 Å². The lowest BCUT2D eigenvalue weighted by atomic mass is 9.44. The van der Waals surface area contributed by atoms with Crippen molar-refractivity contribution in [1.82, 2.24) is 0 Å².